The smallest absolute Gasteiger partial charge is 0.339 e. The molecular weight excluding hydrogens is 254 g/mol. The lowest BCUT2D eigenvalue weighted by molar-refractivity contribution is 0.0691. The van der Waals surface area contributed by atoms with Crippen LogP contribution in [0.2, 0.25) is 0 Å². The Morgan fingerprint density at radius 3 is 2.45 bits per heavy atom. The van der Waals surface area contributed by atoms with Gasteiger partial charge >= 0.3 is 5.97 Å². The molecule has 1 aromatic rings. The molecule has 0 amide bonds. The monoisotopic (exact) mass is 279 g/mol. The van der Waals surface area contributed by atoms with E-state index in [4.69, 9.17) is 9.84 Å². The van der Waals surface area contributed by atoms with Crippen molar-refractivity contribution in [3.63, 3.8) is 0 Å². The second-order valence-corrected chi connectivity index (χ2v) is 5.63. The molecule has 0 spiro atoms. The fourth-order valence-corrected chi connectivity index (χ4v) is 2.07. The van der Waals surface area contributed by atoms with Gasteiger partial charge in [0.2, 0.25) is 0 Å². The molecule has 4 nitrogen and oxygen atoms in total. The van der Waals surface area contributed by atoms with Gasteiger partial charge in [-0.3, -0.25) is 4.90 Å². The zero-order valence-corrected chi connectivity index (χ0v) is 12.8. The van der Waals surface area contributed by atoms with E-state index >= 15 is 0 Å². The van der Waals surface area contributed by atoms with Crippen LogP contribution in [-0.4, -0.2) is 41.7 Å². The zero-order valence-electron chi connectivity index (χ0n) is 12.8. The number of benzene rings is 1. The van der Waals surface area contributed by atoms with Gasteiger partial charge in [0.25, 0.3) is 0 Å². The Hall–Kier alpha value is -1.55. The standard InChI is InChI=1S/C16H25NO3/c1-12(2)11-17(13(3)4)9-10-20-15-8-6-5-7-14(15)16(18)19/h5-8,12-13H,9-11H2,1-4H3,(H,18,19). The fourth-order valence-electron chi connectivity index (χ4n) is 2.07. The molecule has 0 atom stereocenters. The largest absolute Gasteiger partial charge is 0.491 e. The van der Waals surface area contributed by atoms with Crippen LogP contribution in [-0.2, 0) is 0 Å². The van der Waals surface area contributed by atoms with E-state index in [0.717, 1.165) is 13.1 Å². The number of carboxylic acid groups (broad SMARTS) is 1. The van der Waals surface area contributed by atoms with Crippen LogP contribution in [0.25, 0.3) is 0 Å². The molecule has 1 N–H and O–H groups in total. The van der Waals surface area contributed by atoms with Gasteiger partial charge in [-0.05, 0) is 31.9 Å². The van der Waals surface area contributed by atoms with Crippen molar-refractivity contribution in [2.45, 2.75) is 33.7 Å². The molecule has 0 saturated carbocycles. The van der Waals surface area contributed by atoms with Gasteiger partial charge in [0.05, 0.1) is 0 Å². The zero-order chi connectivity index (χ0) is 15.1. The molecule has 0 fully saturated rings. The summed E-state index contributed by atoms with van der Waals surface area (Å²) in [5, 5.41) is 9.09. The number of hydrogen-bond donors (Lipinski definition) is 1. The molecular formula is C16H25NO3. The Labute approximate surface area is 121 Å². The van der Waals surface area contributed by atoms with Crippen molar-refractivity contribution in [2.75, 3.05) is 19.7 Å². The van der Waals surface area contributed by atoms with E-state index in [9.17, 15) is 4.79 Å². The second kappa shape index (κ2) is 7.90. The third-order valence-corrected chi connectivity index (χ3v) is 3.08. The first-order valence-electron chi connectivity index (χ1n) is 7.11. The quantitative estimate of drug-likeness (QED) is 0.794. The molecule has 0 aliphatic rings. The Morgan fingerprint density at radius 1 is 1.25 bits per heavy atom. The number of nitrogens with zero attached hydrogens (tertiary/aromatic N) is 1. The molecule has 0 heterocycles. The molecule has 4 heteroatoms. The SMILES string of the molecule is CC(C)CN(CCOc1ccccc1C(=O)O)C(C)C. The Bertz CT molecular complexity index is 429. The molecule has 0 aromatic heterocycles. The van der Waals surface area contributed by atoms with Gasteiger partial charge in [0, 0.05) is 19.1 Å². The third kappa shape index (κ3) is 5.21. The lowest BCUT2D eigenvalue weighted by atomic mass is 10.2. The van der Waals surface area contributed by atoms with E-state index in [2.05, 4.69) is 32.6 Å². The predicted molar refractivity (Wildman–Crippen MR) is 80.4 cm³/mol. The number of para-hydroxylation sites is 1. The van der Waals surface area contributed by atoms with Crippen LogP contribution in [0.15, 0.2) is 24.3 Å². The van der Waals surface area contributed by atoms with Crippen LogP contribution in [0.4, 0.5) is 0 Å². The Kier molecular flexibility index (Phi) is 6.52. The highest BCUT2D eigenvalue weighted by Crippen LogP contribution is 2.17. The first kappa shape index (κ1) is 16.5. The highest BCUT2D eigenvalue weighted by molar-refractivity contribution is 5.90. The van der Waals surface area contributed by atoms with Gasteiger partial charge in [-0.2, -0.15) is 0 Å². The van der Waals surface area contributed by atoms with Crippen LogP contribution >= 0.6 is 0 Å². The number of carbonyl (C=O) groups is 1. The molecule has 0 unspecified atom stereocenters. The molecule has 0 aliphatic carbocycles. The highest BCUT2D eigenvalue weighted by atomic mass is 16.5. The Balaban J connectivity index is 2.57. The highest BCUT2D eigenvalue weighted by Gasteiger charge is 2.13. The molecule has 0 radical (unpaired) electrons. The summed E-state index contributed by atoms with van der Waals surface area (Å²) in [4.78, 5) is 13.4. The van der Waals surface area contributed by atoms with Crippen molar-refractivity contribution in [1.82, 2.24) is 4.90 Å². The van der Waals surface area contributed by atoms with Gasteiger partial charge < -0.3 is 9.84 Å². The van der Waals surface area contributed by atoms with Crippen LogP contribution in [0.5, 0.6) is 5.75 Å². The first-order chi connectivity index (χ1) is 9.41. The summed E-state index contributed by atoms with van der Waals surface area (Å²) in [6, 6.07) is 7.21. The second-order valence-electron chi connectivity index (χ2n) is 5.63. The van der Waals surface area contributed by atoms with E-state index in [1.807, 2.05) is 0 Å². The van der Waals surface area contributed by atoms with Crippen molar-refractivity contribution in [3.8, 4) is 5.75 Å². The van der Waals surface area contributed by atoms with Crippen molar-refractivity contribution in [3.05, 3.63) is 29.8 Å². The maximum atomic E-state index is 11.1. The summed E-state index contributed by atoms with van der Waals surface area (Å²) in [6.45, 7) is 11.0. The van der Waals surface area contributed by atoms with Crippen molar-refractivity contribution >= 4 is 5.97 Å². The molecule has 0 saturated heterocycles. The normalized spacial score (nSPS) is 11.3. The molecule has 0 aliphatic heterocycles. The van der Waals surface area contributed by atoms with Crippen molar-refractivity contribution in [2.24, 2.45) is 5.92 Å². The van der Waals surface area contributed by atoms with E-state index in [-0.39, 0.29) is 5.56 Å². The fraction of sp³-hybridized carbons (Fsp3) is 0.562. The minimum atomic E-state index is -0.955. The average molecular weight is 279 g/mol. The van der Waals surface area contributed by atoms with Gasteiger partial charge in [0.15, 0.2) is 0 Å². The molecule has 0 bridgehead atoms. The first-order valence-corrected chi connectivity index (χ1v) is 7.11. The summed E-state index contributed by atoms with van der Waals surface area (Å²) in [6.07, 6.45) is 0. The minimum absolute atomic E-state index is 0.215. The molecule has 1 aromatic carbocycles. The molecule has 20 heavy (non-hydrogen) atoms. The van der Waals surface area contributed by atoms with E-state index in [1.165, 1.54) is 0 Å². The molecule has 1 rings (SSSR count). The summed E-state index contributed by atoms with van der Waals surface area (Å²) >= 11 is 0. The molecule has 112 valence electrons. The summed E-state index contributed by atoms with van der Waals surface area (Å²) < 4.78 is 5.64. The summed E-state index contributed by atoms with van der Waals surface area (Å²) in [5.41, 5.74) is 0.215. The Morgan fingerprint density at radius 2 is 1.90 bits per heavy atom. The van der Waals surface area contributed by atoms with Crippen molar-refractivity contribution < 1.29 is 14.6 Å². The van der Waals surface area contributed by atoms with Crippen LogP contribution in [0.3, 0.4) is 0 Å². The van der Waals surface area contributed by atoms with Crippen LogP contribution < -0.4 is 4.74 Å². The van der Waals surface area contributed by atoms with Crippen LogP contribution in [0.1, 0.15) is 38.1 Å². The minimum Gasteiger partial charge on any atom is -0.491 e. The van der Waals surface area contributed by atoms with Gasteiger partial charge in [-0.15, -0.1) is 0 Å². The van der Waals surface area contributed by atoms with Gasteiger partial charge in [-0.25, -0.2) is 4.79 Å². The average Bonchev–Trinajstić information content (AvgIpc) is 2.37. The summed E-state index contributed by atoms with van der Waals surface area (Å²) in [7, 11) is 0. The lowest BCUT2D eigenvalue weighted by Crippen LogP contribution is -2.37. The topological polar surface area (TPSA) is 49.8 Å². The lowest BCUT2D eigenvalue weighted by Gasteiger charge is -2.28. The van der Waals surface area contributed by atoms with Gasteiger partial charge in [-0.1, -0.05) is 26.0 Å². The number of hydrogen-bond acceptors (Lipinski definition) is 3. The summed E-state index contributed by atoms with van der Waals surface area (Å²) in [5.74, 6) is 0.0838. The van der Waals surface area contributed by atoms with Crippen molar-refractivity contribution in [1.29, 1.82) is 0 Å². The third-order valence-electron chi connectivity index (χ3n) is 3.08. The number of rotatable bonds is 8. The number of aromatic carboxylic acids is 1. The number of ether oxygens (including phenoxy) is 1. The van der Waals surface area contributed by atoms with E-state index in [0.29, 0.717) is 24.3 Å². The maximum Gasteiger partial charge on any atom is 0.339 e. The number of carboxylic acids is 1. The maximum absolute atomic E-state index is 11.1. The van der Waals surface area contributed by atoms with E-state index in [1.54, 1.807) is 24.3 Å². The predicted octanol–water partition coefficient (Wildman–Crippen LogP) is 3.13. The van der Waals surface area contributed by atoms with Gasteiger partial charge in [0.1, 0.15) is 17.9 Å². The van der Waals surface area contributed by atoms with Crippen LogP contribution in [0, 0.1) is 5.92 Å². The van der Waals surface area contributed by atoms with E-state index < -0.39 is 5.97 Å².